The summed E-state index contributed by atoms with van der Waals surface area (Å²) in [6.07, 6.45) is -11.3. The zero-order chi connectivity index (χ0) is 26.8. The molecule has 3 heterocycles. The van der Waals surface area contributed by atoms with Gasteiger partial charge < -0.3 is 20.3 Å². The second-order valence-corrected chi connectivity index (χ2v) is 7.47. The minimum atomic E-state index is -5.22. The second-order valence-electron chi connectivity index (χ2n) is 7.47. The SMILES string of the molecule is C[C@@H]1C(=O)NCCN1C(=O)N[C@H](c1cnc(OC(F)C(F)F)c(F)c1)c1ccc(F)c(C(F)(F)F)n1. The number of halogens is 8. The molecule has 196 valence electrons. The first kappa shape index (κ1) is 26.9. The summed E-state index contributed by atoms with van der Waals surface area (Å²) in [5.74, 6) is -4.90. The van der Waals surface area contributed by atoms with Gasteiger partial charge in [0.1, 0.15) is 6.04 Å². The van der Waals surface area contributed by atoms with E-state index in [9.17, 15) is 44.7 Å². The van der Waals surface area contributed by atoms with Crippen LogP contribution >= 0.6 is 0 Å². The van der Waals surface area contributed by atoms with Gasteiger partial charge in [0, 0.05) is 24.8 Å². The molecule has 1 aliphatic rings. The van der Waals surface area contributed by atoms with Crippen LogP contribution in [0, 0.1) is 11.6 Å². The molecule has 0 radical (unpaired) electrons. The van der Waals surface area contributed by atoms with Crippen LogP contribution in [0.2, 0.25) is 0 Å². The van der Waals surface area contributed by atoms with Crippen LogP contribution in [0.5, 0.6) is 5.88 Å². The van der Waals surface area contributed by atoms with E-state index in [0.717, 1.165) is 11.0 Å². The van der Waals surface area contributed by atoms with E-state index in [-0.39, 0.29) is 18.7 Å². The number of ether oxygens (including phenoxy) is 1. The third-order valence-corrected chi connectivity index (χ3v) is 5.04. The fourth-order valence-electron chi connectivity index (χ4n) is 3.25. The van der Waals surface area contributed by atoms with Crippen LogP contribution in [0.3, 0.4) is 0 Å². The zero-order valence-corrected chi connectivity index (χ0v) is 18.1. The normalized spacial score (nSPS) is 18.0. The molecule has 2 N–H and O–H groups in total. The van der Waals surface area contributed by atoms with E-state index < -0.39 is 71.9 Å². The number of alkyl halides is 6. The number of aromatic nitrogens is 2. The van der Waals surface area contributed by atoms with Crippen LogP contribution in [0.15, 0.2) is 24.4 Å². The predicted molar refractivity (Wildman–Crippen MR) is 104 cm³/mol. The van der Waals surface area contributed by atoms with Gasteiger partial charge in [-0.1, -0.05) is 0 Å². The summed E-state index contributed by atoms with van der Waals surface area (Å²) in [6.45, 7) is 1.47. The van der Waals surface area contributed by atoms with Crippen molar-refractivity contribution in [1.29, 1.82) is 0 Å². The standard InChI is InChI=1S/C20H17F8N5O3/c1-8-17(34)29-4-5-33(8)19(35)32-13(12-3-2-10(21)14(31-12)20(26,27)28)9-6-11(22)18(30-7-9)36-16(25)15(23)24/h2-3,6-8,13,15-16H,4-5H2,1H3,(H,29,34)(H,32,35)/t8-,13-,16?/m1/s1. The number of nitrogens with one attached hydrogen (secondary N) is 2. The Morgan fingerprint density at radius 1 is 1.22 bits per heavy atom. The lowest BCUT2D eigenvalue weighted by atomic mass is 10.0. The number of pyridine rings is 2. The fourth-order valence-corrected chi connectivity index (χ4v) is 3.25. The first-order chi connectivity index (χ1) is 16.8. The van der Waals surface area contributed by atoms with Gasteiger partial charge in [-0.3, -0.25) is 4.79 Å². The van der Waals surface area contributed by atoms with Gasteiger partial charge in [0.05, 0.1) is 11.7 Å². The molecule has 16 heteroatoms. The number of hydrogen-bond donors (Lipinski definition) is 2. The Labute approximate surface area is 197 Å². The molecule has 0 aromatic carbocycles. The summed E-state index contributed by atoms with van der Waals surface area (Å²) in [4.78, 5) is 32.4. The van der Waals surface area contributed by atoms with E-state index >= 15 is 0 Å². The number of amides is 3. The Balaban J connectivity index is 2.02. The maximum absolute atomic E-state index is 14.5. The fraction of sp³-hybridized carbons (Fsp3) is 0.400. The predicted octanol–water partition coefficient (Wildman–Crippen LogP) is 3.33. The molecule has 1 saturated heterocycles. The van der Waals surface area contributed by atoms with Crippen molar-refractivity contribution < 1.29 is 49.4 Å². The highest BCUT2D eigenvalue weighted by atomic mass is 19.4. The molecule has 3 rings (SSSR count). The van der Waals surface area contributed by atoms with Crippen LogP contribution in [0.1, 0.15) is 29.9 Å². The van der Waals surface area contributed by atoms with Crippen LogP contribution < -0.4 is 15.4 Å². The maximum atomic E-state index is 14.5. The smallest absolute Gasteiger partial charge is 0.435 e. The molecule has 8 nitrogen and oxygen atoms in total. The third kappa shape index (κ3) is 5.91. The molecule has 3 amide bonds. The van der Waals surface area contributed by atoms with E-state index in [1.165, 1.54) is 6.92 Å². The largest absolute Gasteiger partial charge is 0.436 e. The van der Waals surface area contributed by atoms with Crippen molar-refractivity contribution in [2.75, 3.05) is 13.1 Å². The maximum Gasteiger partial charge on any atom is 0.436 e. The van der Waals surface area contributed by atoms with Crippen molar-refractivity contribution in [1.82, 2.24) is 25.5 Å². The topological polar surface area (TPSA) is 96.5 Å². The summed E-state index contributed by atoms with van der Waals surface area (Å²) in [6, 6.07) is -1.88. The van der Waals surface area contributed by atoms with Crippen LogP contribution in [0.4, 0.5) is 39.9 Å². The average Bonchev–Trinajstić information content (AvgIpc) is 2.80. The molecule has 0 spiro atoms. The molecular formula is C20H17F8N5O3. The molecule has 1 unspecified atom stereocenters. The van der Waals surface area contributed by atoms with E-state index in [4.69, 9.17) is 0 Å². The highest BCUT2D eigenvalue weighted by Gasteiger charge is 2.38. The van der Waals surface area contributed by atoms with Gasteiger partial charge in [-0.2, -0.15) is 17.6 Å². The van der Waals surface area contributed by atoms with Crippen molar-refractivity contribution >= 4 is 11.9 Å². The summed E-state index contributed by atoms with van der Waals surface area (Å²) in [5.41, 5.74) is -2.89. The summed E-state index contributed by atoms with van der Waals surface area (Å²) in [5, 5.41) is 4.79. The van der Waals surface area contributed by atoms with E-state index in [1.807, 2.05) is 0 Å². The number of hydrogen-bond acceptors (Lipinski definition) is 5. The van der Waals surface area contributed by atoms with E-state index in [0.29, 0.717) is 18.3 Å². The molecular weight excluding hydrogens is 510 g/mol. The monoisotopic (exact) mass is 527 g/mol. The van der Waals surface area contributed by atoms with Crippen molar-refractivity contribution in [3.63, 3.8) is 0 Å². The Bertz CT molecular complexity index is 1130. The Kier molecular flexibility index (Phi) is 7.83. The first-order valence-electron chi connectivity index (χ1n) is 10.1. The van der Waals surface area contributed by atoms with Gasteiger partial charge in [0.2, 0.25) is 5.91 Å². The number of urea groups is 1. The molecule has 2 aromatic rings. The lowest BCUT2D eigenvalue weighted by Gasteiger charge is -2.34. The van der Waals surface area contributed by atoms with E-state index in [1.54, 1.807) is 0 Å². The molecule has 2 aromatic heterocycles. The third-order valence-electron chi connectivity index (χ3n) is 5.04. The summed E-state index contributed by atoms with van der Waals surface area (Å²) >= 11 is 0. The highest BCUT2D eigenvalue weighted by molar-refractivity contribution is 5.88. The van der Waals surface area contributed by atoms with Crippen molar-refractivity contribution in [2.24, 2.45) is 0 Å². The lowest BCUT2D eigenvalue weighted by Crippen LogP contribution is -2.58. The number of carbonyl (C=O) groups is 2. The van der Waals surface area contributed by atoms with Gasteiger partial charge in [0.15, 0.2) is 17.3 Å². The minimum absolute atomic E-state index is 0.0149. The quantitative estimate of drug-likeness (QED) is 0.562. The first-order valence-corrected chi connectivity index (χ1v) is 10.1. The Morgan fingerprint density at radius 2 is 1.92 bits per heavy atom. The van der Waals surface area contributed by atoms with Crippen molar-refractivity contribution in [2.45, 2.75) is 38.0 Å². The second kappa shape index (κ2) is 10.5. The Hall–Kier alpha value is -3.72. The highest BCUT2D eigenvalue weighted by Crippen LogP contribution is 2.32. The van der Waals surface area contributed by atoms with Crippen molar-refractivity contribution in [3.05, 3.63) is 53.0 Å². The number of carbonyl (C=O) groups excluding carboxylic acids is 2. The van der Waals surface area contributed by atoms with Gasteiger partial charge >= 0.3 is 18.6 Å². The van der Waals surface area contributed by atoms with Crippen LogP contribution in [-0.4, -0.2) is 58.7 Å². The molecule has 0 saturated carbocycles. The number of rotatable bonds is 6. The zero-order valence-electron chi connectivity index (χ0n) is 18.1. The molecule has 1 fully saturated rings. The van der Waals surface area contributed by atoms with Gasteiger partial charge in [-0.05, 0) is 25.1 Å². The molecule has 0 bridgehead atoms. The van der Waals surface area contributed by atoms with Crippen molar-refractivity contribution in [3.8, 4) is 5.88 Å². The van der Waals surface area contributed by atoms with Gasteiger partial charge in [-0.25, -0.2) is 32.3 Å². The minimum Gasteiger partial charge on any atom is -0.435 e. The van der Waals surface area contributed by atoms with Gasteiger partial charge in [0.25, 0.3) is 12.2 Å². The molecule has 36 heavy (non-hydrogen) atoms. The lowest BCUT2D eigenvalue weighted by molar-refractivity contribution is -0.143. The summed E-state index contributed by atoms with van der Waals surface area (Å²) < 4.78 is 110. The van der Waals surface area contributed by atoms with Gasteiger partial charge in [-0.15, -0.1) is 0 Å². The summed E-state index contributed by atoms with van der Waals surface area (Å²) in [7, 11) is 0. The average molecular weight is 527 g/mol. The van der Waals surface area contributed by atoms with E-state index in [2.05, 4.69) is 25.3 Å². The Morgan fingerprint density at radius 3 is 2.53 bits per heavy atom. The molecule has 3 atom stereocenters. The van der Waals surface area contributed by atoms with Crippen LogP contribution in [0.25, 0.3) is 0 Å². The number of nitrogens with zero attached hydrogens (tertiary/aromatic N) is 3. The molecule has 0 aliphatic carbocycles. The number of piperazine rings is 1. The molecule has 1 aliphatic heterocycles. The van der Waals surface area contributed by atoms with Crippen LogP contribution in [-0.2, 0) is 11.0 Å².